The number of carbonyl (C=O) groups is 1. The minimum atomic E-state index is -0.929. The van der Waals surface area contributed by atoms with Crippen LogP contribution in [0.5, 0.6) is 5.75 Å². The summed E-state index contributed by atoms with van der Waals surface area (Å²) in [5, 5.41) is 15.8. The lowest BCUT2D eigenvalue weighted by atomic mass is 10.0. The van der Waals surface area contributed by atoms with Crippen molar-refractivity contribution in [2.45, 2.75) is 25.2 Å². The van der Waals surface area contributed by atoms with E-state index in [0.29, 0.717) is 30.0 Å². The van der Waals surface area contributed by atoms with E-state index in [-0.39, 0.29) is 18.3 Å². The highest BCUT2D eigenvalue weighted by Gasteiger charge is 2.29. The molecule has 34 heavy (non-hydrogen) atoms. The molecule has 8 nitrogen and oxygen atoms in total. The Kier molecular flexibility index (Phi) is 8.57. The summed E-state index contributed by atoms with van der Waals surface area (Å²) in [6.07, 6.45) is 2.90. The van der Waals surface area contributed by atoms with Crippen LogP contribution in [0.4, 0.5) is 5.69 Å². The molecule has 0 saturated heterocycles. The molecular formula is C25H23ClN4O4. The van der Waals surface area contributed by atoms with Crippen molar-refractivity contribution in [1.82, 2.24) is 4.98 Å². The van der Waals surface area contributed by atoms with Crippen LogP contribution < -0.4 is 10.1 Å². The normalized spacial score (nSPS) is 15.2. The summed E-state index contributed by atoms with van der Waals surface area (Å²) in [6.45, 7) is 0. The highest BCUT2D eigenvalue weighted by Crippen LogP contribution is 2.20. The van der Waals surface area contributed by atoms with Crippen LogP contribution in [0.3, 0.4) is 0 Å². The third-order valence-electron chi connectivity index (χ3n) is 5.07. The first-order valence-electron chi connectivity index (χ1n) is 10.4. The molecule has 1 aliphatic heterocycles. The number of aromatic nitrogens is 1. The lowest BCUT2D eigenvalue weighted by Gasteiger charge is -2.11. The fourth-order valence-corrected chi connectivity index (χ4v) is 3.32. The molecule has 2 heterocycles. The van der Waals surface area contributed by atoms with Crippen molar-refractivity contribution in [3.8, 4) is 11.8 Å². The van der Waals surface area contributed by atoms with Crippen LogP contribution in [0.25, 0.3) is 0 Å². The van der Waals surface area contributed by atoms with Gasteiger partial charge in [-0.2, -0.15) is 5.26 Å². The summed E-state index contributed by atoms with van der Waals surface area (Å²) >= 11 is 0. The summed E-state index contributed by atoms with van der Waals surface area (Å²) in [5.74, 6) is 0.322. The van der Waals surface area contributed by atoms with Gasteiger partial charge in [-0.25, -0.2) is 0 Å². The van der Waals surface area contributed by atoms with E-state index in [1.807, 2.05) is 54.6 Å². The molecule has 1 N–H and O–H groups in total. The minimum absolute atomic E-state index is 0. The Morgan fingerprint density at radius 2 is 1.88 bits per heavy atom. The maximum Gasteiger partial charge on any atom is 0.289 e. The Morgan fingerprint density at radius 3 is 2.50 bits per heavy atom. The second-order valence-electron chi connectivity index (χ2n) is 7.40. The van der Waals surface area contributed by atoms with Crippen LogP contribution in [-0.2, 0) is 20.8 Å². The zero-order valence-corrected chi connectivity index (χ0v) is 19.2. The number of hydrogen-bond acceptors (Lipinski definition) is 7. The number of oxime groups is 1. The van der Waals surface area contributed by atoms with Gasteiger partial charge in [0.15, 0.2) is 0 Å². The van der Waals surface area contributed by atoms with Crippen molar-refractivity contribution >= 4 is 29.7 Å². The second kappa shape index (κ2) is 11.8. The molecule has 0 aliphatic carbocycles. The lowest BCUT2D eigenvalue weighted by Crippen LogP contribution is -2.28. The number of hydrogen-bond donors (Lipinski definition) is 1. The molecule has 174 valence electrons. The Balaban J connectivity index is 0.00000324. The van der Waals surface area contributed by atoms with E-state index < -0.39 is 12.4 Å². The molecule has 0 radical (unpaired) electrons. The van der Waals surface area contributed by atoms with Gasteiger partial charge in [-0.3, -0.25) is 9.78 Å². The molecule has 0 saturated carbocycles. The van der Waals surface area contributed by atoms with Crippen LogP contribution in [-0.4, -0.2) is 36.1 Å². The molecule has 1 aromatic heterocycles. The first kappa shape index (κ1) is 24.7. The van der Waals surface area contributed by atoms with Crippen molar-refractivity contribution in [1.29, 1.82) is 5.26 Å². The van der Waals surface area contributed by atoms with Gasteiger partial charge in [-0.05, 0) is 53.9 Å². The zero-order valence-electron chi connectivity index (χ0n) is 18.4. The predicted molar refractivity (Wildman–Crippen MR) is 129 cm³/mol. The number of benzene rings is 2. The highest BCUT2D eigenvalue weighted by molar-refractivity contribution is 6.05. The number of carbonyl (C=O) groups excluding carboxylic acids is 1. The Hall–Kier alpha value is -3.93. The van der Waals surface area contributed by atoms with E-state index in [1.165, 1.54) is 7.11 Å². The van der Waals surface area contributed by atoms with Crippen molar-refractivity contribution < 1.29 is 19.1 Å². The number of nitrogens with one attached hydrogen (secondary N) is 1. The number of pyridine rings is 1. The Bertz CT molecular complexity index is 1160. The number of amides is 1. The van der Waals surface area contributed by atoms with Gasteiger partial charge < -0.3 is 19.6 Å². The van der Waals surface area contributed by atoms with E-state index in [4.69, 9.17) is 19.6 Å². The topological polar surface area (TPSA) is 106 Å². The molecule has 9 heteroatoms. The van der Waals surface area contributed by atoms with Crippen LogP contribution in [0.2, 0.25) is 0 Å². The lowest BCUT2D eigenvalue weighted by molar-refractivity contribution is -0.125. The fraction of sp³-hybridized carbons (Fsp3) is 0.200. The van der Waals surface area contributed by atoms with Gasteiger partial charge in [0.25, 0.3) is 12.2 Å². The largest absolute Gasteiger partial charge is 0.451 e. The summed E-state index contributed by atoms with van der Waals surface area (Å²) < 4.78 is 10.3. The van der Waals surface area contributed by atoms with Crippen molar-refractivity contribution in [3.63, 3.8) is 0 Å². The summed E-state index contributed by atoms with van der Waals surface area (Å²) in [6, 6.07) is 20.7. The standard InChI is InChI=1S/C25H22N4O4.ClH/c1-31-24(15-26)32-21-10-6-18(7-11-21)13-17-4-8-20(9-5-17)28-25(30)23-14-22(29-33-23)19-3-2-12-27-16-19;/h2-12,16,23-24H,13-14H2,1H3,(H,28,30);1H. The number of halogens is 1. The third-order valence-corrected chi connectivity index (χ3v) is 5.07. The van der Waals surface area contributed by atoms with Crippen molar-refractivity contribution in [2.75, 3.05) is 12.4 Å². The van der Waals surface area contributed by atoms with E-state index >= 15 is 0 Å². The molecule has 0 bridgehead atoms. The first-order valence-corrected chi connectivity index (χ1v) is 10.4. The maximum atomic E-state index is 12.6. The van der Waals surface area contributed by atoms with E-state index in [1.54, 1.807) is 24.5 Å². The molecule has 2 aromatic carbocycles. The number of nitrogens with zero attached hydrogens (tertiary/aromatic N) is 3. The third kappa shape index (κ3) is 6.32. The van der Waals surface area contributed by atoms with Crippen LogP contribution in [0, 0.1) is 11.3 Å². The second-order valence-corrected chi connectivity index (χ2v) is 7.40. The molecule has 2 unspecified atom stereocenters. The molecular weight excluding hydrogens is 456 g/mol. The molecule has 1 amide bonds. The van der Waals surface area contributed by atoms with Gasteiger partial charge in [0.2, 0.25) is 6.10 Å². The van der Waals surface area contributed by atoms with Gasteiger partial charge in [0.1, 0.15) is 11.8 Å². The number of rotatable bonds is 8. The molecule has 0 fully saturated rings. The summed E-state index contributed by atoms with van der Waals surface area (Å²) in [5.41, 5.74) is 4.42. The highest BCUT2D eigenvalue weighted by atomic mass is 35.5. The van der Waals surface area contributed by atoms with Gasteiger partial charge in [-0.15, -0.1) is 12.4 Å². The van der Waals surface area contributed by atoms with Crippen molar-refractivity contribution in [2.24, 2.45) is 5.16 Å². The summed E-state index contributed by atoms with van der Waals surface area (Å²) in [4.78, 5) is 21.9. The molecule has 3 aromatic rings. The van der Waals surface area contributed by atoms with Crippen LogP contribution in [0.1, 0.15) is 23.1 Å². The van der Waals surface area contributed by atoms with Crippen LogP contribution in [0.15, 0.2) is 78.2 Å². The Morgan fingerprint density at radius 1 is 1.18 bits per heavy atom. The Labute approximate surface area is 203 Å². The molecule has 4 rings (SSSR count). The fourth-order valence-electron chi connectivity index (χ4n) is 3.32. The smallest absolute Gasteiger partial charge is 0.289 e. The number of ether oxygens (including phenoxy) is 2. The van der Waals surface area contributed by atoms with Crippen molar-refractivity contribution in [3.05, 3.63) is 89.7 Å². The average Bonchev–Trinajstić information content (AvgIpc) is 3.36. The van der Waals surface area contributed by atoms with E-state index in [0.717, 1.165) is 16.7 Å². The van der Waals surface area contributed by atoms with E-state index in [9.17, 15) is 4.79 Å². The quantitative estimate of drug-likeness (QED) is 0.488. The first-order chi connectivity index (χ1) is 16.1. The monoisotopic (exact) mass is 478 g/mol. The molecule has 0 spiro atoms. The minimum Gasteiger partial charge on any atom is -0.451 e. The SMILES string of the molecule is COC(C#N)Oc1ccc(Cc2ccc(NC(=O)C3CC(c4cccnc4)=NO3)cc2)cc1.Cl. The summed E-state index contributed by atoms with van der Waals surface area (Å²) in [7, 11) is 1.42. The molecule has 2 atom stereocenters. The van der Waals surface area contributed by atoms with Gasteiger partial charge in [0.05, 0.1) is 5.71 Å². The number of anilines is 1. The van der Waals surface area contributed by atoms with Gasteiger partial charge >= 0.3 is 0 Å². The van der Waals surface area contributed by atoms with Gasteiger partial charge in [0, 0.05) is 37.2 Å². The predicted octanol–water partition coefficient (Wildman–Crippen LogP) is 4.10. The molecule has 1 aliphatic rings. The number of nitriles is 1. The van der Waals surface area contributed by atoms with E-state index in [2.05, 4.69) is 15.5 Å². The average molecular weight is 479 g/mol. The number of methoxy groups -OCH3 is 1. The van der Waals surface area contributed by atoms with Gasteiger partial charge in [-0.1, -0.05) is 29.4 Å². The van der Waals surface area contributed by atoms with Crippen LogP contribution >= 0.6 is 12.4 Å². The zero-order chi connectivity index (χ0) is 23.0. The maximum absolute atomic E-state index is 12.6.